The van der Waals surface area contributed by atoms with Gasteiger partial charge in [-0.3, -0.25) is 4.79 Å². The zero-order chi connectivity index (χ0) is 18.5. The Kier molecular flexibility index (Phi) is 6.02. The third kappa shape index (κ3) is 4.90. The van der Waals surface area contributed by atoms with E-state index in [2.05, 4.69) is 12.2 Å². The monoisotopic (exact) mass is 381 g/mol. The molecule has 3 aromatic rings. The Bertz CT molecular complexity index is 904. The fourth-order valence-corrected chi connectivity index (χ4v) is 3.45. The predicted octanol–water partition coefficient (Wildman–Crippen LogP) is 6.50. The minimum absolute atomic E-state index is 0.0924. The molecule has 1 amide bonds. The number of amides is 1. The molecule has 0 atom stereocenters. The molecule has 132 valence electrons. The fourth-order valence-electron chi connectivity index (χ4n) is 2.47. The van der Waals surface area contributed by atoms with E-state index in [9.17, 15) is 4.79 Å². The molecule has 0 saturated carbocycles. The van der Waals surface area contributed by atoms with Crippen molar-refractivity contribution in [2.75, 3.05) is 5.32 Å². The molecule has 0 radical (unpaired) electrons. The number of carbonyl (C=O) groups excluding carboxylic acids is 1. The highest BCUT2D eigenvalue weighted by Gasteiger charge is 2.07. The summed E-state index contributed by atoms with van der Waals surface area (Å²) >= 11 is 7.65. The molecule has 0 spiro atoms. The molecule has 0 heterocycles. The van der Waals surface area contributed by atoms with Crippen LogP contribution in [0.1, 0.15) is 27.0 Å². The van der Waals surface area contributed by atoms with E-state index in [-0.39, 0.29) is 5.91 Å². The second kappa shape index (κ2) is 8.43. The van der Waals surface area contributed by atoms with Crippen LogP contribution < -0.4 is 5.32 Å². The summed E-state index contributed by atoms with van der Waals surface area (Å²) in [7, 11) is 0. The SMILES string of the molecule is Cc1ccc(NC(=O)c2ccc(CSc3ccc(Cl)cc3)cc2)cc1C. The van der Waals surface area contributed by atoms with Gasteiger partial charge in [0.25, 0.3) is 5.91 Å². The zero-order valence-electron chi connectivity index (χ0n) is 14.8. The highest BCUT2D eigenvalue weighted by Crippen LogP contribution is 2.24. The molecule has 0 fully saturated rings. The Morgan fingerprint density at radius 2 is 1.62 bits per heavy atom. The summed E-state index contributed by atoms with van der Waals surface area (Å²) in [5, 5.41) is 3.70. The first-order valence-electron chi connectivity index (χ1n) is 8.37. The normalized spacial score (nSPS) is 10.6. The second-order valence-electron chi connectivity index (χ2n) is 6.19. The van der Waals surface area contributed by atoms with E-state index < -0.39 is 0 Å². The van der Waals surface area contributed by atoms with E-state index in [1.54, 1.807) is 11.8 Å². The summed E-state index contributed by atoms with van der Waals surface area (Å²) < 4.78 is 0. The Morgan fingerprint density at radius 1 is 0.923 bits per heavy atom. The third-order valence-corrected chi connectivity index (χ3v) is 5.54. The van der Waals surface area contributed by atoms with Gasteiger partial charge in [0.15, 0.2) is 0 Å². The molecule has 0 aliphatic heterocycles. The first kappa shape index (κ1) is 18.6. The van der Waals surface area contributed by atoms with Gasteiger partial charge in [-0.2, -0.15) is 0 Å². The van der Waals surface area contributed by atoms with Crippen molar-refractivity contribution in [1.29, 1.82) is 0 Å². The Labute approximate surface area is 163 Å². The number of thioether (sulfide) groups is 1. The fraction of sp³-hybridized carbons (Fsp3) is 0.136. The number of halogens is 1. The van der Waals surface area contributed by atoms with Gasteiger partial charge in [0, 0.05) is 26.9 Å². The highest BCUT2D eigenvalue weighted by molar-refractivity contribution is 7.98. The van der Waals surface area contributed by atoms with Crippen LogP contribution in [0, 0.1) is 13.8 Å². The molecular weight excluding hydrogens is 362 g/mol. The van der Waals surface area contributed by atoms with Crippen LogP contribution in [0.15, 0.2) is 71.6 Å². The molecule has 0 saturated heterocycles. The molecule has 4 heteroatoms. The molecule has 0 unspecified atom stereocenters. The average Bonchev–Trinajstić information content (AvgIpc) is 2.65. The summed E-state index contributed by atoms with van der Waals surface area (Å²) in [5.41, 5.74) is 5.03. The molecule has 26 heavy (non-hydrogen) atoms. The molecular formula is C22H20ClNOS. The topological polar surface area (TPSA) is 29.1 Å². The maximum Gasteiger partial charge on any atom is 0.255 e. The lowest BCUT2D eigenvalue weighted by atomic mass is 10.1. The highest BCUT2D eigenvalue weighted by atomic mass is 35.5. The van der Waals surface area contributed by atoms with Crippen molar-refractivity contribution in [2.45, 2.75) is 24.5 Å². The predicted molar refractivity (Wildman–Crippen MR) is 111 cm³/mol. The van der Waals surface area contributed by atoms with E-state index in [0.29, 0.717) is 5.56 Å². The lowest BCUT2D eigenvalue weighted by molar-refractivity contribution is 0.102. The van der Waals surface area contributed by atoms with Gasteiger partial charge in [0.05, 0.1) is 0 Å². The van der Waals surface area contributed by atoms with Crippen LogP contribution in [0.3, 0.4) is 0 Å². The van der Waals surface area contributed by atoms with Crippen molar-refractivity contribution in [3.05, 3.63) is 94.0 Å². The minimum Gasteiger partial charge on any atom is -0.322 e. The van der Waals surface area contributed by atoms with Crippen molar-refractivity contribution in [3.8, 4) is 0 Å². The largest absolute Gasteiger partial charge is 0.322 e. The van der Waals surface area contributed by atoms with Crippen LogP contribution in [-0.4, -0.2) is 5.91 Å². The Hall–Kier alpha value is -2.23. The van der Waals surface area contributed by atoms with Crippen LogP contribution in [0.2, 0.25) is 5.02 Å². The summed E-state index contributed by atoms with van der Waals surface area (Å²) in [6.45, 7) is 4.10. The molecule has 3 rings (SSSR count). The molecule has 2 nitrogen and oxygen atoms in total. The van der Waals surface area contributed by atoms with E-state index in [1.807, 2.05) is 73.7 Å². The quantitative estimate of drug-likeness (QED) is 0.511. The van der Waals surface area contributed by atoms with Crippen LogP contribution in [-0.2, 0) is 5.75 Å². The van der Waals surface area contributed by atoms with Crippen molar-refractivity contribution >= 4 is 35.0 Å². The first-order valence-corrected chi connectivity index (χ1v) is 9.73. The molecule has 0 aliphatic carbocycles. The molecule has 1 N–H and O–H groups in total. The standard InChI is InChI=1S/C22H20ClNOS/c1-15-3-10-20(13-16(15)2)24-22(25)18-6-4-17(5-7-18)14-26-21-11-8-19(23)9-12-21/h3-13H,14H2,1-2H3,(H,24,25). The van der Waals surface area contributed by atoms with Gasteiger partial charge in [-0.05, 0) is 79.1 Å². The lowest BCUT2D eigenvalue weighted by Crippen LogP contribution is -2.12. The number of nitrogens with one attached hydrogen (secondary N) is 1. The van der Waals surface area contributed by atoms with Crippen molar-refractivity contribution < 1.29 is 4.79 Å². The minimum atomic E-state index is -0.0924. The third-order valence-electron chi connectivity index (χ3n) is 4.20. The van der Waals surface area contributed by atoms with Gasteiger partial charge in [-0.1, -0.05) is 29.8 Å². The Morgan fingerprint density at radius 3 is 2.27 bits per heavy atom. The van der Waals surface area contributed by atoms with E-state index in [4.69, 9.17) is 11.6 Å². The van der Waals surface area contributed by atoms with Crippen molar-refractivity contribution in [2.24, 2.45) is 0 Å². The molecule has 0 aromatic heterocycles. The summed E-state index contributed by atoms with van der Waals surface area (Å²) in [6, 6.07) is 21.5. The van der Waals surface area contributed by atoms with Gasteiger partial charge in [-0.15, -0.1) is 11.8 Å². The number of rotatable bonds is 5. The smallest absolute Gasteiger partial charge is 0.255 e. The first-order chi connectivity index (χ1) is 12.5. The summed E-state index contributed by atoms with van der Waals surface area (Å²) in [6.07, 6.45) is 0. The average molecular weight is 382 g/mol. The van der Waals surface area contributed by atoms with Gasteiger partial charge in [0.2, 0.25) is 0 Å². The van der Waals surface area contributed by atoms with Gasteiger partial charge < -0.3 is 5.32 Å². The maximum absolute atomic E-state index is 12.4. The van der Waals surface area contributed by atoms with Gasteiger partial charge >= 0.3 is 0 Å². The number of anilines is 1. The van der Waals surface area contributed by atoms with E-state index >= 15 is 0 Å². The van der Waals surface area contributed by atoms with Crippen molar-refractivity contribution in [1.82, 2.24) is 0 Å². The van der Waals surface area contributed by atoms with Gasteiger partial charge in [0.1, 0.15) is 0 Å². The molecule has 0 bridgehead atoms. The zero-order valence-corrected chi connectivity index (χ0v) is 16.3. The maximum atomic E-state index is 12.4. The molecule has 0 aliphatic rings. The van der Waals surface area contributed by atoms with Crippen LogP contribution in [0.4, 0.5) is 5.69 Å². The Balaban J connectivity index is 1.60. The number of benzene rings is 3. The summed E-state index contributed by atoms with van der Waals surface area (Å²) in [5.74, 6) is 0.755. The number of hydrogen-bond acceptors (Lipinski definition) is 2. The van der Waals surface area contributed by atoms with Crippen molar-refractivity contribution in [3.63, 3.8) is 0 Å². The number of hydrogen-bond donors (Lipinski definition) is 1. The second-order valence-corrected chi connectivity index (χ2v) is 7.68. The van der Waals surface area contributed by atoms with Crippen LogP contribution >= 0.6 is 23.4 Å². The lowest BCUT2D eigenvalue weighted by Gasteiger charge is -2.08. The number of aryl methyl sites for hydroxylation is 2. The van der Waals surface area contributed by atoms with Crippen LogP contribution in [0.5, 0.6) is 0 Å². The van der Waals surface area contributed by atoms with Gasteiger partial charge in [-0.25, -0.2) is 0 Å². The van der Waals surface area contributed by atoms with Crippen LogP contribution in [0.25, 0.3) is 0 Å². The summed E-state index contributed by atoms with van der Waals surface area (Å²) in [4.78, 5) is 13.6. The van der Waals surface area contributed by atoms with E-state index in [0.717, 1.165) is 22.0 Å². The molecule has 3 aromatic carbocycles. The van der Waals surface area contributed by atoms with E-state index in [1.165, 1.54) is 16.0 Å². The number of carbonyl (C=O) groups is 1.